The average Bonchev–Trinajstić information content (AvgIpc) is 3.03. The van der Waals surface area contributed by atoms with Crippen LogP contribution < -0.4 is 10.1 Å². The summed E-state index contributed by atoms with van der Waals surface area (Å²) in [4.78, 5) is 24.8. The molecule has 144 valence electrons. The second-order valence-electron chi connectivity index (χ2n) is 5.96. The molecule has 2 N–H and O–H groups in total. The maximum Gasteiger partial charge on any atom is 0.412 e. The largest absolute Gasteiger partial charge is 0.497 e. The molecule has 0 radical (unpaired) electrons. The zero-order valence-electron chi connectivity index (χ0n) is 15.4. The van der Waals surface area contributed by atoms with Crippen LogP contribution in [0.25, 0.3) is 11.1 Å². The fourth-order valence-electron chi connectivity index (χ4n) is 2.79. The number of carboxylic acid groups (broad SMARTS) is 1. The summed E-state index contributed by atoms with van der Waals surface area (Å²) in [7, 11) is 1.57. The van der Waals surface area contributed by atoms with Crippen molar-refractivity contribution in [3.8, 4) is 16.9 Å². The van der Waals surface area contributed by atoms with Crippen molar-refractivity contribution in [2.75, 3.05) is 12.4 Å². The van der Waals surface area contributed by atoms with Crippen LogP contribution in [-0.4, -0.2) is 24.3 Å². The summed E-state index contributed by atoms with van der Waals surface area (Å²) in [6.45, 7) is 1.92. The van der Waals surface area contributed by atoms with Crippen molar-refractivity contribution in [3.63, 3.8) is 0 Å². The van der Waals surface area contributed by atoms with E-state index in [4.69, 9.17) is 9.47 Å². The van der Waals surface area contributed by atoms with Crippen LogP contribution >= 0.6 is 11.3 Å². The van der Waals surface area contributed by atoms with Gasteiger partial charge in [0.15, 0.2) is 0 Å². The Hall–Kier alpha value is -3.32. The van der Waals surface area contributed by atoms with E-state index < -0.39 is 12.1 Å². The van der Waals surface area contributed by atoms with Gasteiger partial charge in [0.2, 0.25) is 0 Å². The first-order chi connectivity index (χ1) is 13.5. The number of carbonyl (C=O) groups excluding carboxylic acids is 1. The Bertz CT molecular complexity index is 980. The molecular formula is C21H19NO5S. The molecule has 0 atom stereocenters. The molecule has 1 heterocycles. The van der Waals surface area contributed by atoms with Gasteiger partial charge < -0.3 is 14.6 Å². The highest BCUT2D eigenvalue weighted by atomic mass is 32.1. The molecule has 2 aromatic carbocycles. The van der Waals surface area contributed by atoms with Crippen LogP contribution in [0, 0.1) is 6.92 Å². The number of benzene rings is 2. The quantitative estimate of drug-likeness (QED) is 0.599. The van der Waals surface area contributed by atoms with Gasteiger partial charge in [0.25, 0.3) is 0 Å². The first kappa shape index (κ1) is 19.4. The molecule has 0 saturated carbocycles. The zero-order valence-corrected chi connectivity index (χ0v) is 16.2. The highest BCUT2D eigenvalue weighted by Gasteiger charge is 2.24. The molecule has 0 unspecified atom stereocenters. The van der Waals surface area contributed by atoms with E-state index in [1.54, 1.807) is 31.4 Å². The second kappa shape index (κ2) is 8.58. The van der Waals surface area contributed by atoms with Gasteiger partial charge in [-0.3, -0.25) is 5.32 Å². The van der Waals surface area contributed by atoms with E-state index in [1.165, 1.54) is 11.3 Å². The van der Waals surface area contributed by atoms with Crippen molar-refractivity contribution in [2.45, 2.75) is 13.5 Å². The van der Waals surface area contributed by atoms with E-state index in [2.05, 4.69) is 5.32 Å². The molecule has 0 fully saturated rings. The summed E-state index contributed by atoms with van der Waals surface area (Å²) < 4.78 is 10.3. The van der Waals surface area contributed by atoms with Gasteiger partial charge in [-0.1, -0.05) is 42.5 Å². The maximum atomic E-state index is 12.2. The summed E-state index contributed by atoms with van der Waals surface area (Å²) in [6, 6.07) is 16.4. The predicted octanol–water partition coefficient (Wildman–Crippen LogP) is 5.18. The molecule has 6 nitrogen and oxygen atoms in total. The molecule has 28 heavy (non-hydrogen) atoms. The number of carboxylic acids is 1. The standard InChI is InChI=1S/C21H19NO5S/c1-13-17(15-8-10-16(26-2)11-9-15)18(20(23)24)19(28-13)22-21(25)27-12-14-6-4-3-5-7-14/h3-11H,12H2,1-2H3,(H,22,25)(H,23,24). The van der Waals surface area contributed by atoms with Gasteiger partial charge in [-0.15, -0.1) is 11.3 Å². The molecule has 0 spiro atoms. The molecule has 3 rings (SSSR count). The van der Waals surface area contributed by atoms with Gasteiger partial charge in [0.1, 0.15) is 22.9 Å². The highest BCUT2D eigenvalue weighted by Crippen LogP contribution is 2.40. The Morgan fingerprint density at radius 1 is 1.07 bits per heavy atom. The van der Waals surface area contributed by atoms with E-state index >= 15 is 0 Å². The van der Waals surface area contributed by atoms with Gasteiger partial charge in [0.05, 0.1) is 7.11 Å². The van der Waals surface area contributed by atoms with Crippen LogP contribution in [0.3, 0.4) is 0 Å². The molecule has 7 heteroatoms. The molecule has 0 bridgehead atoms. The van der Waals surface area contributed by atoms with Crippen LogP contribution in [-0.2, 0) is 11.3 Å². The fourth-order valence-corrected chi connectivity index (χ4v) is 3.85. The van der Waals surface area contributed by atoms with Crippen molar-refractivity contribution >= 4 is 28.4 Å². The molecule has 0 aliphatic rings. The van der Waals surface area contributed by atoms with Crippen LogP contribution in [0.5, 0.6) is 5.75 Å². The molecule has 0 aliphatic carbocycles. The normalized spacial score (nSPS) is 10.4. The average molecular weight is 397 g/mol. The van der Waals surface area contributed by atoms with Crippen LogP contribution in [0.15, 0.2) is 54.6 Å². The first-order valence-electron chi connectivity index (χ1n) is 8.48. The van der Waals surface area contributed by atoms with E-state index in [9.17, 15) is 14.7 Å². The molecule has 1 aromatic heterocycles. The zero-order chi connectivity index (χ0) is 20.1. The van der Waals surface area contributed by atoms with Gasteiger partial charge in [-0.05, 0) is 30.2 Å². The third-order valence-corrected chi connectivity index (χ3v) is 5.13. The van der Waals surface area contributed by atoms with Gasteiger partial charge in [-0.25, -0.2) is 9.59 Å². The number of hydrogen-bond donors (Lipinski definition) is 2. The minimum Gasteiger partial charge on any atom is -0.497 e. The lowest BCUT2D eigenvalue weighted by molar-refractivity contribution is 0.0699. The Morgan fingerprint density at radius 2 is 1.75 bits per heavy atom. The molecule has 0 aliphatic heterocycles. The second-order valence-corrected chi connectivity index (χ2v) is 7.18. The summed E-state index contributed by atoms with van der Waals surface area (Å²) in [5.41, 5.74) is 2.19. The minimum absolute atomic E-state index is 0.0457. The minimum atomic E-state index is -1.12. The van der Waals surface area contributed by atoms with Crippen molar-refractivity contribution in [3.05, 3.63) is 70.6 Å². The Kier molecular flexibility index (Phi) is 5.96. The number of aryl methyl sites for hydroxylation is 1. The number of amides is 1. The number of nitrogens with one attached hydrogen (secondary N) is 1. The Morgan fingerprint density at radius 3 is 2.36 bits per heavy atom. The van der Waals surface area contributed by atoms with E-state index in [0.29, 0.717) is 11.3 Å². The van der Waals surface area contributed by atoms with Crippen molar-refractivity contribution in [2.24, 2.45) is 0 Å². The molecular weight excluding hydrogens is 378 g/mol. The van der Waals surface area contributed by atoms with Crippen LogP contribution in [0.4, 0.5) is 9.80 Å². The summed E-state index contributed by atoms with van der Waals surface area (Å²) in [6.07, 6.45) is -0.700. The third kappa shape index (κ3) is 4.32. The SMILES string of the molecule is COc1ccc(-c2c(C)sc(NC(=O)OCc3ccccc3)c2C(=O)O)cc1. The Balaban J connectivity index is 1.83. The van der Waals surface area contributed by atoms with Crippen molar-refractivity contribution in [1.29, 1.82) is 0 Å². The first-order valence-corrected chi connectivity index (χ1v) is 9.30. The van der Waals surface area contributed by atoms with Crippen LogP contribution in [0.1, 0.15) is 20.8 Å². The van der Waals surface area contributed by atoms with Gasteiger partial charge in [0, 0.05) is 10.4 Å². The highest BCUT2D eigenvalue weighted by molar-refractivity contribution is 7.17. The molecule has 0 saturated heterocycles. The fraction of sp³-hybridized carbons (Fsp3) is 0.143. The number of rotatable bonds is 6. The van der Waals surface area contributed by atoms with Crippen molar-refractivity contribution < 1.29 is 24.2 Å². The van der Waals surface area contributed by atoms with E-state index in [1.807, 2.05) is 37.3 Å². The Labute approximate surface area is 166 Å². The number of ether oxygens (including phenoxy) is 2. The van der Waals surface area contributed by atoms with Crippen molar-refractivity contribution in [1.82, 2.24) is 0 Å². The lowest BCUT2D eigenvalue weighted by Gasteiger charge is -2.08. The third-order valence-electron chi connectivity index (χ3n) is 4.11. The maximum absolute atomic E-state index is 12.2. The number of thiophene rings is 1. The topological polar surface area (TPSA) is 84.9 Å². The number of methoxy groups -OCH3 is 1. The van der Waals surface area contributed by atoms with E-state index in [-0.39, 0.29) is 17.2 Å². The summed E-state index contributed by atoms with van der Waals surface area (Å²) in [5.74, 6) is -0.440. The summed E-state index contributed by atoms with van der Waals surface area (Å²) >= 11 is 1.20. The smallest absolute Gasteiger partial charge is 0.412 e. The lowest BCUT2D eigenvalue weighted by atomic mass is 10.0. The summed E-state index contributed by atoms with van der Waals surface area (Å²) in [5, 5.41) is 12.5. The number of carbonyl (C=O) groups is 2. The monoisotopic (exact) mass is 397 g/mol. The molecule has 1 amide bonds. The number of aromatic carboxylic acids is 1. The van der Waals surface area contributed by atoms with E-state index in [0.717, 1.165) is 16.0 Å². The van der Waals surface area contributed by atoms with Crippen LogP contribution in [0.2, 0.25) is 0 Å². The number of anilines is 1. The molecule has 3 aromatic rings. The lowest BCUT2D eigenvalue weighted by Crippen LogP contribution is -2.14. The predicted molar refractivity (Wildman–Crippen MR) is 108 cm³/mol. The number of hydrogen-bond acceptors (Lipinski definition) is 5. The van der Waals surface area contributed by atoms with Gasteiger partial charge >= 0.3 is 12.1 Å². The van der Waals surface area contributed by atoms with Gasteiger partial charge in [-0.2, -0.15) is 0 Å².